The maximum absolute atomic E-state index is 13.1. The predicted molar refractivity (Wildman–Crippen MR) is 96.6 cm³/mol. The van der Waals surface area contributed by atoms with E-state index in [2.05, 4.69) is 0 Å². The minimum atomic E-state index is -0.103. The van der Waals surface area contributed by atoms with Crippen molar-refractivity contribution in [2.24, 2.45) is 0 Å². The summed E-state index contributed by atoms with van der Waals surface area (Å²) >= 11 is 5.93. The largest absolute Gasteiger partial charge is 0.497 e. The SMILES string of the molecule is CCOc1ccc2ccc(OC)cc2c1C(=O)c1ccc(Cl)cc1. The zero-order chi connectivity index (χ0) is 17.1. The molecule has 3 aromatic carbocycles. The van der Waals surface area contributed by atoms with Gasteiger partial charge in [0.15, 0.2) is 5.78 Å². The summed E-state index contributed by atoms with van der Waals surface area (Å²) in [7, 11) is 1.61. The Hall–Kier alpha value is -2.52. The van der Waals surface area contributed by atoms with Crippen molar-refractivity contribution < 1.29 is 14.3 Å². The molecule has 0 aliphatic carbocycles. The van der Waals surface area contributed by atoms with Crippen LogP contribution in [0.25, 0.3) is 10.8 Å². The number of hydrogen-bond acceptors (Lipinski definition) is 3. The van der Waals surface area contributed by atoms with Gasteiger partial charge < -0.3 is 9.47 Å². The Morgan fingerprint density at radius 3 is 2.42 bits per heavy atom. The summed E-state index contributed by atoms with van der Waals surface area (Å²) < 4.78 is 11.0. The van der Waals surface area contributed by atoms with E-state index < -0.39 is 0 Å². The maximum Gasteiger partial charge on any atom is 0.197 e. The molecule has 0 heterocycles. The highest BCUT2D eigenvalue weighted by Gasteiger charge is 2.19. The highest BCUT2D eigenvalue weighted by atomic mass is 35.5. The Labute approximate surface area is 145 Å². The summed E-state index contributed by atoms with van der Waals surface area (Å²) in [6, 6.07) is 16.3. The molecular weight excluding hydrogens is 324 g/mol. The number of halogens is 1. The van der Waals surface area contributed by atoms with Crippen LogP contribution in [0.2, 0.25) is 5.02 Å². The fourth-order valence-corrected chi connectivity index (χ4v) is 2.79. The monoisotopic (exact) mass is 340 g/mol. The van der Waals surface area contributed by atoms with Gasteiger partial charge in [-0.3, -0.25) is 4.79 Å². The zero-order valence-corrected chi connectivity index (χ0v) is 14.3. The van der Waals surface area contributed by atoms with Crippen LogP contribution in [-0.2, 0) is 0 Å². The van der Waals surface area contributed by atoms with Gasteiger partial charge in [-0.25, -0.2) is 0 Å². The molecule has 0 spiro atoms. The van der Waals surface area contributed by atoms with E-state index in [0.29, 0.717) is 34.3 Å². The molecule has 0 fully saturated rings. The molecule has 0 aliphatic heterocycles. The van der Waals surface area contributed by atoms with Crippen molar-refractivity contribution in [1.82, 2.24) is 0 Å². The van der Waals surface area contributed by atoms with E-state index >= 15 is 0 Å². The lowest BCUT2D eigenvalue weighted by molar-refractivity contribution is 0.103. The lowest BCUT2D eigenvalue weighted by Crippen LogP contribution is -2.06. The molecule has 0 N–H and O–H groups in total. The number of carbonyl (C=O) groups excluding carboxylic acids is 1. The molecule has 122 valence electrons. The van der Waals surface area contributed by atoms with Crippen molar-refractivity contribution in [1.29, 1.82) is 0 Å². The third-order valence-corrected chi connectivity index (χ3v) is 4.08. The Morgan fingerprint density at radius 2 is 1.75 bits per heavy atom. The molecule has 0 bridgehead atoms. The number of carbonyl (C=O) groups is 1. The van der Waals surface area contributed by atoms with Gasteiger partial charge in [-0.05, 0) is 54.8 Å². The fraction of sp³-hybridized carbons (Fsp3) is 0.150. The van der Waals surface area contributed by atoms with Gasteiger partial charge in [-0.1, -0.05) is 23.7 Å². The van der Waals surface area contributed by atoms with Crippen LogP contribution in [0.3, 0.4) is 0 Å². The van der Waals surface area contributed by atoms with Gasteiger partial charge in [0.05, 0.1) is 19.3 Å². The van der Waals surface area contributed by atoms with Crippen LogP contribution in [0.15, 0.2) is 54.6 Å². The molecule has 0 amide bonds. The van der Waals surface area contributed by atoms with Crippen LogP contribution < -0.4 is 9.47 Å². The number of hydrogen-bond donors (Lipinski definition) is 0. The van der Waals surface area contributed by atoms with Crippen molar-refractivity contribution in [2.45, 2.75) is 6.92 Å². The zero-order valence-electron chi connectivity index (χ0n) is 13.5. The lowest BCUT2D eigenvalue weighted by Gasteiger charge is -2.13. The van der Waals surface area contributed by atoms with Gasteiger partial charge in [0, 0.05) is 16.0 Å². The molecule has 0 radical (unpaired) electrons. The highest BCUT2D eigenvalue weighted by molar-refractivity contribution is 6.30. The number of ketones is 1. The summed E-state index contributed by atoms with van der Waals surface area (Å²) in [6.45, 7) is 2.38. The van der Waals surface area contributed by atoms with Gasteiger partial charge in [-0.15, -0.1) is 0 Å². The van der Waals surface area contributed by atoms with Crippen LogP contribution >= 0.6 is 11.6 Å². The van der Waals surface area contributed by atoms with E-state index in [4.69, 9.17) is 21.1 Å². The Morgan fingerprint density at radius 1 is 1.04 bits per heavy atom. The first-order valence-electron chi connectivity index (χ1n) is 7.68. The van der Waals surface area contributed by atoms with Crippen LogP contribution in [0.4, 0.5) is 0 Å². The van der Waals surface area contributed by atoms with Crippen molar-refractivity contribution in [3.63, 3.8) is 0 Å². The summed E-state index contributed by atoms with van der Waals surface area (Å²) in [6.07, 6.45) is 0. The Balaban J connectivity index is 2.23. The van der Waals surface area contributed by atoms with Crippen molar-refractivity contribution in [3.8, 4) is 11.5 Å². The Bertz CT molecular complexity index is 885. The minimum absolute atomic E-state index is 0.103. The molecule has 0 saturated carbocycles. The average Bonchev–Trinajstić information content (AvgIpc) is 2.61. The first-order chi connectivity index (χ1) is 11.6. The molecule has 0 atom stereocenters. The van der Waals surface area contributed by atoms with Crippen LogP contribution in [0.5, 0.6) is 11.5 Å². The Kier molecular flexibility index (Phi) is 4.72. The molecule has 3 rings (SSSR count). The molecule has 24 heavy (non-hydrogen) atoms. The second-order valence-electron chi connectivity index (χ2n) is 5.29. The van der Waals surface area contributed by atoms with Crippen molar-refractivity contribution >= 4 is 28.2 Å². The van der Waals surface area contributed by atoms with Gasteiger partial charge in [0.2, 0.25) is 0 Å². The molecule has 3 aromatic rings. The third-order valence-electron chi connectivity index (χ3n) is 3.82. The van der Waals surface area contributed by atoms with Gasteiger partial charge in [0.25, 0.3) is 0 Å². The summed E-state index contributed by atoms with van der Waals surface area (Å²) in [4.78, 5) is 13.1. The second kappa shape index (κ2) is 6.93. The molecule has 0 unspecified atom stereocenters. The summed E-state index contributed by atoms with van der Waals surface area (Å²) in [5, 5.41) is 2.35. The number of ether oxygens (including phenoxy) is 2. The van der Waals surface area contributed by atoms with Crippen LogP contribution in [-0.4, -0.2) is 19.5 Å². The van der Waals surface area contributed by atoms with E-state index in [1.165, 1.54) is 0 Å². The summed E-state index contributed by atoms with van der Waals surface area (Å²) in [5.74, 6) is 1.16. The number of rotatable bonds is 5. The quantitative estimate of drug-likeness (QED) is 0.604. The fourth-order valence-electron chi connectivity index (χ4n) is 2.66. The smallest absolute Gasteiger partial charge is 0.197 e. The number of benzene rings is 3. The third kappa shape index (κ3) is 3.08. The molecule has 0 saturated heterocycles. The van der Waals surface area contributed by atoms with E-state index in [0.717, 1.165) is 10.8 Å². The van der Waals surface area contributed by atoms with Crippen molar-refractivity contribution in [3.05, 3.63) is 70.7 Å². The summed E-state index contributed by atoms with van der Waals surface area (Å²) in [5.41, 5.74) is 1.10. The number of fused-ring (bicyclic) bond motifs is 1. The normalized spacial score (nSPS) is 10.6. The van der Waals surface area contributed by atoms with Crippen LogP contribution in [0, 0.1) is 0 Å². The molecule has 0 aliphatic rings. The van der Waals surface area contributed by atoms with Gasteiger partial charge >= 0.3 is 0 Å². The first kappa shape index (κ1) is 16.3. The lowest BCUT2D eigenvalue weighted by atomic mass is 9.96. The number of methoxy groups -OCH3 is 1. The minimum Gasteiger partial charge on any atom is -0.497 e. The standard InChI is InChI=1S/C20H17ClO3/c1-3-24-18-11-7-13-6-10-16(23-2)12-17(13)19(18)20(22)14-4-8-15(21)9-5-14/h4-12H,3H2,1-2H3. The molecule has 0 aromatic heterocycles. The molecular formula is C20H17ClO3. The van der Waals surface area contributed by atoms with E-state index in [9.17, 15) is 4.79 Å². The van der Waals surface area contributed by atoms with Gasteiger partial charge in [0.1, 0.15) is 11.5 Å². The van der Waals surface area contributed by atoms with E-state index in [1.807, 2.05) is 37.3 Å². The first-order valence-corrected chi connectivity index (χ1v) is 8.05. The molecule has 3 nitrogen and oxygen atoms in total. The second-order valence-corrected chi connectivity index (χ2v) is 5.73. The van der Waals surface area contributed by atoms with E-state index in [-0.39, 0.29) is 5.78 Å². The topological polar surface area (TPSA) is 35.5 Å². The van der Waals surface area contributed by atoms with Gasteiger partial charge in [-0.2, -0.15) is 0 Å². The maximum atomic E-state index is 13.1. The predicted octanol–water partition coefficient (Wildman–Crippen LogP) is 5.13. The van der Waals surface area contributed by atoms with Crippen LogP contribution in [0.1, 0.15) is 22.8 Å². The average molecular weight is 341 g/mol. The molecule has 4 heteroatoms. The van der Waals surface area contributed by atoms with Crippen molar-refractivity contribution in [2.75, 3.05) is 13.7 Å². The highest BCUT2D eigenvalue weighted by Crippen LogP contribution is 2.33. The van der Waals surface area contributed by atoms with E-state index in [1.54, 1.807) is 31.4 Å².